The van der Waals surface area contributed by atoms with Crippen molar-refractivity contribution in [3.63, 3.8) is 0 Å². The van der Waals surface area contributed by atoms with Crippen LogP contribution in [0.15, 0.2) is 16.7 Å². The highest BCUT2D eigenvalue weighted by atomic mass is 79.9. The Labute approximate surface area is 116 Å². The molecule has 4 nitrogen and oxygen atoms in total. The molecule has 1 aromatic rings. The van der Waals surface area contributed by atoms with E-state index in [1.165, 1.54) is 6.42 Å². The lowest BCUT2D eigenvalue weighted by atomic mass is 10.1. The maximum Gasteiger partial charge on any atom is 0.134 e. The summed E-state index contributed by atoms with van der Waals surface area (Å²) in [6.07, 6.45) is 6.18. The van der Waals surface area contributed by atoms with Crippen molar-refractivity contribution in [1.82, 2.24) is 4.98 Å². The molecule has 1 aliphatic heterocycles. The SMILES string of the molecule is OCc1cc(Br)cnc1N1CCCCCC1CO. The maximum atomic E-state index is 9.52. The highest BCUT2D eigenvalue weighted by Gasteiger charge is 2.23. The van der Waals surface area contributed by atoms with Crippen LogP contribution in [0.3, 0.4) is 0 Å². The van der Waals surface area contributed by atoms with Crippen molar-refractivity contribution in [3.8, 4) is 0 Å². The Balaban J connectivity index is 2.32. The van der Waals surface area contributed by atoms with Gasteiger partial charge in [0.1, 0.15) is 5.82 Å². The van der Waals surface area contributed by atoms with Crippen LogP contribution in [0, 0.1) is 0 Å². The first-order chi connectivity index (χ1) is 8.76. The number of halogens is 1. The number of aliphatic hydroxyl groups excluding tert-OH is 2. The van der Waals surface area contributed by atoms with E-state index in [-0.39, 0.29) is 19.3 Å². The number of anilines is 1. The summed E-state index contributed by atoms with van der Waals surface area (Å²) in [6.45, 7) is 1.01. The molecule has 1 saturated heterocycles. The molecule has 0 bridgehead atoms. The first kappa shape index (κ1) is 13.8. The average molecular weight is 315 g/mol. The van der Waals surface area contributed by atoms with E-state index in [1.54, 1.807) is 6.20 Å². The van der Waals surface area contributed by atoms with E-state index in [0.29, 0.717) is 0 Å². The predicted molar refractivity (Wildman–Crippen MR) is 74.5 cm³/mol. The summed E-state index contributed by atoms with van der Waals surface area (Å²) in [7, 11) is 0. The van der Waals surface area contributed by atoms with Crippen LogP contribution in [0.1, 0.15) is 31.2 Å². The molecule has 0 saturated carbocycles. The van der Waals surface area contributed by atoms with Gasteiger partial charge in [0.05, 0.1) is 19.3 Å². The smallest absolute Gasteiger partial charge is 0.134 e. The molecule has 1 aliphatic rings. The fourth-order valence-electron chi connectivity index (χ4n) is 2.49. The van der Waals surface area contributed by atoms with E-state index in [4.69, 9.17) is 0 Å². The molecular formula is C13H19BrN2O2. The van der Waals surface area contributed by atoms with Crippen molar-refractivity contribution in [2.45, 2.75) is 38.3 Å². The summed E-state index contributed by atoms with van der Waals surface area (Å²) in [4.78, 5) is 6.56. The highest BCUT2D eigenvalue weighted by molar-refractivity contribution is 9.10. The minimum absolute atomic E-state index is 0.0313. The second-order valence-corrected chi connectivity index (χ2v) is 5.59. The monoisotopic (exact) mass is 314 g/mol. The number of aromatic nitrogens is 1. The van der Waals surface area contributed by atoms with Crippen molar-refractivity contribution in [2.75, 3.05) is 18.1 Å². The van der Waals surface area contributed by atoms with Gasteiger partial charge < -0.3 is 15.1 Å². The van der Waals surface area contributed by atoms with Gasteiger partial charge in [-0.25, -0.2) is 4.98 Å². The molecule has 0 aliphatic carbocycles. The number of hydrogen-bond acceptors (Lipinski definition) is 4. The van der Waals surface area contributed by atoms with E-state index >= 15 is 0 Å². The van der Waals surface area contributed by atoms with Gasteiger partial charge in [-0.2, -0.15) is 0 Å². The Hall–Kier alpha value is -0.650. The molecule has 1 unspecified atom stereocenters. The van der Waals surface area contributed by atoms with E-state index in [9.17, 15) is 10.2 Å². The summed E-state index contributed by atoms with van der Waals surface area (Å²) in [5, 5.41) is 19.0. The number of pyridine rings is 1. The molecule has 18 heavy (non-hydrogen) atoms. The van der Waals surface area contributed by atoms with E-state index < -0.39 is 0 Å². The maximum absolute atomic E-state index is 9.52. The van der Waals surface area contributed by atoms with Gasteiger partial charge >= 0.3 is 0 Å². The molecule has 0 radical (unpaired) electrons. The van der Waals surface area contributed by atoms with Crippen molar-refractivity contribution in [1.29, 1.82) is 0 Å². The van der Waals surface area contributed by atoms with Crippen LogP contribution in [-0.4, -0.2) is 34.4 Å². The summed E-state index contributed by atoms with van der Waals surface area (Å²) in [5.41, 5.74) is 0.810. The molecule has 1 fully saturated rings. The van der Waals surface area contributed by atoms with Crippen molar-refractivity contribution >= 4 is 21.7 Å². The third kappa shape index (κ3) is 3.02. The van der Waals surface area contributed by atoms with Gasteiger partial charge in [-0.05, 0) is 34.8 Å². The van der Waals surface area contributed by atoms with Crippen molar-refractivity contribution < 1.29 is 10.2 Å². The van der Waals surface area contributed by atoms with Gasteiger partial charge in [-0.1, -0.05) is 12.8 Å². The Kier molecular flexibility index (Phi) is 4.97. The summed E-state index contributed by atoms with van der Waals surface area (Å²) in [6, 6.07) is 2.01. The van der Waals surface area contributed by atoms with E-state index in [0.717, 1.165) is 41.7 Å². The first-order valence-corrected chi connectivity index (χ1v) is 7.18. The minimum atomic E-state index is -0.0313. The van der Waals surface area contributed by atoms with Gasteiger partial charge in [0.15, 0.2) is 0 Å². The fraction of sp³-hybridized carbons (Fsp3) is 0.615. The van der Waals surface area contributed by atoms with Crippen LogP contribution in [-0.2, 0) is 6.61 Å². The standard InChI is InChI=1S/C13H19BrN2O2/c14-11-6-10(8-17)13(15-7-11)16-5-3-1-2-4-12(16)9-18/h6-7,12,17-18H,1-5,8-9H2. The van der Waals surface area contributed by atoms with Crippen LogP contribution in [0.2, 0.25) is 0 Å². The largest absolute Gasteiger partial charge is 0.394 e. The molecule has 100 valence electrons. The molecule has 0 aromatic carbocycles. The Morgan fingerprint density at radius 1 is 1.33 bits per heavy atom. The molecule has 2 rings (SSSR count). The lowest BCUT2D eigenvalue weighted by molar-refractivity contribution is 0.252. The van der Waals surface area contributed by atoms with Crippen LogP contribution in [0.4, 0.5) is 5.82 Å². The zero-order chi connectivity index (χ0) is 13.0. The van der Waals surface area contributed by atoms with Crippen LogP contribution in [0.5, 0.6) is 0 Å². The minimum Gasteiger partial charge on any atom is -0.394 e. The van der Waals surface area contributed by atoms with Crippen LogP contribution >= 0.6 is 15.9 Å². The highest BCUT2D eigenvalue weighted by Crippen LogP contribution is 2.27. The lowest BCUT2D eigenvalue weighted by Gasteiger charge is -2.31. The molecular weight excluding hydrogens is 296 g/mol. The molecule has 1 atom stereocenters. The molecule has 2 heterocycles. The predicted octanol–water partition coefficient (Wildman–Crippen LogP) is 2.08. The van der Waals surface area contributed by atoms with Gasteiger partial charge in [0.25, 0.3) is 0 Å². The van der Waals surface area contributed by atoms with Gasteiger partial charge in [0.2, 0.25) is 0 Å². The molecule has 5 heteroatoms. The fourth-order valence-corrected chi connectivity index (χ4v) is 2.87. The number of rotatable bonds is 3. The van der Waals surface area contributed by atoms with Crippen molar-refractivity contribution in [3.05, 3.63) is 22.3 Å². The molecule has 0 amide bonds. The Morgan fingerprint density at radius 3 is 2.89 bits per heavy atom. The number of aliphatic hydroxyl groups is 2. The molecule has 0 spiro atoms. The Bertz CT molecular complexity index is 401. The summed E-state index contributed by atoms with van der Waals surface area (Å²) in [5.74, 6) is 0.807. The third-order valence-electron chi connectivity index (χ3n) is 3.44. The second kappa shape index (κ2) is 6.50. The zero-order valence-electron chi connectivity index (χ0n) is 10.3. The first-order valence-electron chi connectivity index (χ1n) is 6.39. The Morgan fingerprint density at radius 2 is 2.17 bits per heavy atom. The average Bonchev–Trinajstić information content (AvgIpc) is 2.63. The van der Waals surface area contributed by atoms with Gasteiger partial charge in [-0.15, -0.1) is 0 Å². The van der Waals surface area contributed by atoms with Crippen molar-refractivity contribution in [2.24, 2.45) is 0 Å². The van der Waals surface area contributed by atoms with E-state index in [1.807, 2.05) is 6.07 Å². The molecule has 1 aromatic heterocycles. The lowest BCUT2D eigenvalue weighted by Crippen LogP contribution is -2.38. The summed E-state index contributed by atoms with van der Waals surface area (Å²) < 4.78 is 0.866. The summed E-state index contributed by atoms with van der Waals surface area (Å²) >= 11 is 3.37. The van der Waals surface area contributed by atoms with Crippen LogP contribution in [0.25, 0.3) is 0 Å². The zero-order valence-corrected chi connectivity index (χ0v) is 11.9. The van der Waals surface area contributed by atoms with Crippen LogP contribution < -0.4 is 4.90 Å². The topological polar surface area (TPSA) is 56.6 Å². The second-order valence-electron chi connectivity index (χ2n) is 4.67. The quantitative estimate of drug-likeness (QED) is 0.897. The van der Waals surface area contributed by atoms with Gasteiger partial charge in [-0.3, -0.25) is 0 Å². The molecule has 2 N–H and O–H groups in total. The normalized spacial score (nSPS) is 20.8. The third-order valence-corrected chi connectivity index (χ3v) is 3.87. The number of hydrogen-bond donors (Lipinski definition) is 2. The number of nitrogens with zero attached hydrogens (tertiary/aromatic N) is 2. The van der Waals surface area contributed by atoms with E-state index in [2.05, 4.69) is 25.8 Å². The van der Waals surface area contributed by atoms with Gasteiger partial charge in [0, 0.05) is 22.8 Å².